The average Bonchev–Trinajstić information content (AvgIpc) is 2.58. The Kier molecular flexibility index (Phi) is 6.18. The van der Waals surface area contributed by atoms with Gasteiger partial charge < -0.3 is 16.0 Å². The molecule has 0 aromatic heterocycles. The van der Waals surface area contributed by atoms with Crippen LogP contribution >= 0.6 is 0 Å². The van der Waals surface area contributed by atoms with Gasteiger partial charge in [-0.15, -0.1) is 0 Å². The maximum Gasteiger partial charge on any atom is 0.253 e. The molecule has 1 saturated heterocycles. The molecule has 1 aliphatic rings. The lowest BCUT2D eigenvalue weighted by Crippen LogP contribution is -2.46. The van der Waals surface area contributed by atoms with Crippen LogP contribution in [0.2, 0.25) is 0 Å². The number of sulfone groups is 1. The molecule has 0 aliphatic carbocycles. The van der Waals surface area contributed by atoms with Crippen molar-refractivity contribution < 1.29 is 18.0 Å². The summed E-state index contributed by atoms with van der Waals surface area (Å²) in [5.41, 5.74) is 6.33. The van der Waals surface area contributed by atoms with Gasteiger partial charge in [-0.1, -0.05) is 6.07 Å². The molecule has 1 unspecified atom stereocenters. The Bertz CT molecular complexity index is 761. The molecule has 8 heteroatoms. The van der Waals surface area contributed by atoms with Gasteiger partial charge in [0.15, 0.2) is 9.84 Å². The van der Waals surface area contributed by atoms with Gasteiger partial charge in [0.05, 0.1) is 10.8 Å². The maximum atomic E-state index is 12.8. The first kappa shape index (κ1) is 19.4. The lowest BCUT2D eigenvalue weighted by molar-refractivity contribution is -0.126. The molecule has 138 valence electrons. The highest BCUT2D eigenvalue weighted by Crippen LogP contribution is 2.22. The molecule has 0 saturated carbocycles. The summed E-state index contributed by atoms with van der Waals surface area (Å²) in [6, 6.07) is 4.69. The SMILES string of the molecule is Cc1ccc(C(=O)N2CCCC(C(=O)NCCN)C2)cc1S(C)(=O)=O. The number of nitrogens with zero attached hydrogens (tertiary/aromatic N) is 1. The van der Waals surface area contributed by atoms with Gasteiger partial charge >= 0.3 is 0 Å². The predicted molar refractivity (Wildman–Crippen MR) is 95.0 cm³/mol. The van der Waals surface area contributed by atoms with Gasteiger partial charge in [0.2, 0.25) is 5.91 Å². The molecule has 3 N–H and O–H groups in total. The molecule has 1 aliphatic heterocycles. The molecule has 1 aromatic carbocycles. The van der Waals surface area contributed by atoms with E-state index in [-0.39, 0.29) is 22.6 Å². The first-order valence-corrected chi connectivity index (χ1v) is 10.2. The quantitative estimate of drug-likeness (QED) is 0.779. The smallest absolute Gasteiger partial charge is 0.253 e. The normalized spacial score (nSPS) is 18.0. The van der Waals surface area contributed by atoms with Crippen molar-refractivity contribution >= 4 is 21.7 Å². The lowest BCUT2D eigenvalue weighted by Gasteiger charge is -2.32. The number of nitrogens with two attached hydrogens (primary N) is 1. The third-order valence-corrected chi connectivity index (χ3v) is 5.60. The number of carbonyl (C=O) groups excluding carboxylic acids is 2. The monoisotopic (exact) mass is 367 g/mol. The van der Waals surface area contributed by atoms with Crippen molar-refractivity contribution in [2.75, 3.05) is 32.4 Å². The van der Waals surface area contributed by atoms with Crippen LogP contribution in [0.5, 0.6) is 0 Å². The van der Waals surface area contributed by atoms with Gasteiger partial charge in [0.25, 0.3) is 5.91 Å². The third-order valence-electron chi connectivity index (χ3n) is 4.36. The second-order valence-corrected chi connectivity index (χ2v) is 8.41. The van der Waals surface area contributed by atoms with Crippen molar-refractivity contribution in [3.63, 3.8) is 0 Å². The van der Waals surface area contributed by atoms with Gasteiger partial charge in [-0.2, -0.15) is 0 Å². The molecular formula is C17H25N3O4S. The average molecular weight is 367 g/mol. The Labute approximate surface area is 148 Å². The number of carbonyl (C=O) groups is 2. The molecule has 1 atom stereocenters. The summed E-state index contributed by atoms with van der Waals surface area (Å²) >= 11 is 0. The summed E-state index contributed by atoms with van der Waals surface area (Å²) in [6.45, 7) is 3.37. The van der Waals surface area contributed by atoms with E-state index in [0.29, 0.717) is 37.3 Å². The molecule has 0 spiro atoms. The minimum absolute atomic E-state index is 0.0938. The summed E-state index contributed by atoms with van der Waals surface area (Å²) in [5.74, 6) is -0.603. The Balaban J connectivity index is 2.16. The molecule has 1 heterocycles. The minimum Gasteiger partial charge on any atom is -0.355 e. The van der Waals surface area contributed by atoms with Gasteiger partial charge in [0, 0.05) is 38.0 Å². The largest absolute Gasteiger partial charge is 0.355 e. The van der Waals surface area contributed by atoms with Crippen molar-refractivity contribution in [1.82, 2.24) is 10.2 Å². The van der Waals surface area contributed by atoms with Crippen molar-refractivity contribution in [2.45, 2.75) is 24.7 Å². The van der Waals surface area contributed by atoms with Gasteiger partial charge in [0.1, 0.15) is 0 Å². The maximum absolute atomic E-state index is 12.8. The van der Waals surface area contributed by atoms with Crippen LogP contribution in [0.3, 0.4) is 0 Å². The number of hydrogen-bond donors (Lipinski definition) is 2. The number of likely N-dealkylation sites (tertiary alicyclic amines) is 1. The summed E-state index contributed by atoms with van der Waals surface area (Å²) in [5, 5.41) is 2.76. The summed E-state index contributed by atoms with van der Waals surface area (Å²) in [6.07, 6.45) is 2.59. The highest BCUT2D eigenvalue weighted by molar-refractivity contribution is 7.90. The number of hydrogen-bond acceptors (Lipinski definition) is 5. The van der Waals surface area contributed by atoms with Crippen LogP contribution in [-0.2, 0) is 14.6 Å². The highest BCUT2D eigenvalue weighted by Gasteiger charge is 2.29. The molecule has 7 nitrogen and oxygen atoms in total. The first-order valence-electron chi connectivity index (χ1n) is 8.32. The second kappa shape index (κ2) is 7.97. The van der Waals surface area contributed by atoms with Crippen LogP contribution in [-0.4, -0.2) is 57.6 Å². The van der Waals surface area contributed by atoms with E-state index >= 15 is 0 Å². The van der Waals surface area contributed by atoms with Crippen molar-refractivity contribution in [2.24, 2.45) is 11.7 Å². The summed E-state index contributed by atoms with van der Waals surface area (Å²) < 4.78 is 23.7. The molecule has 0 radical (unpaired) electrons. The van der Waals surface area contributed by atoms with Crippen LogP contribution in [0.25, 0.3) is 0 Å². The number of aryl methyl sites for hydroxylation is 1. The van der Waals surface area contributed by atoms with Gasteiger partial charge in [-0.05, 0) is 37.5 Å². The van der Waals surface area contributed by atoms with Gasteiger partial charge in [-0.3, -0.25) is 9.59 Å². The number of rotatable bonds is 5. The number of amides is 2. The molecule has 25 heavy (non-hydrogen) atoms. The van der Waals surface area contributed by atoms with E-state index in [1.807, 2.05) is 0 Å². The Morgan fingerprint density at radius 1 is 1.36 bits per heavy atom. The fraction of sp³-hybridized carbons (Fsp3) is 0.529. The van der Waals surface area contributed by atoms with Crippen LogP contribution in [0.1, 0.15) is 28.8 Å². The van der Waals surface area contributed by atoms with Crippen molar-refractivity contribution in [3.05, 3.63) is 29.3 Å². The standard InChI is InChI=1S/C17H25N3O4S/c1-12-5-6-13(10-15(12)25(2,23)24)17(22)20-9-3-4-14(11-20)16(21)19-8-7-18/h5-6,10,14H,3-4,7-9,11,18H2,1-2H3,(H,19,21). The minimum atomic E-state index is -3.40. The van der Waals surface area contributed by atoms with E-state index in [9.17, 15) is 18.0 Å². The molecule has 1 aromatic rings. The zero-order valence-corrected chi connectivity index (χ0v) is 15.4. The topological polar surface area (TPSA) is 110 Å². The molecule has 2 rings (SSSR count). The van der Waals surface area contributed by atoms with Crippen LogP contribution in [0, 0.1) is 12.8 Å². The van der Waals surface area contributed by atoms with Gasteiger partial charge in [-0.25, -0.2) is 8.42 Å². The first-order chi connectivity index (χ1) is 11.7. The summed E-state index contributed by atoms with van der Waals surface area (Å²) in [4.78, 5) is 26.6. The predicted octanol–water partition coefficient (Wildman–Crippen LogP) is 0.326. The summed E-state index contributed by atoms with van der Waals surface area (Å²) in [7, 11) is -3.40. The number of piperidine rings is 1. The number of nitrogens with one attached hydrogen (secondary N) is 1. The zero-order valence-electron chi connectivity index (χ0n) is 14.6. The van der Waals surface area contributed by atoms with Crippen molar-refractivity contribution in [1.29, 1.82) is 0 Å². The Morgan fingerprint density at radius 2 is 2.08 bits per heavy atom. The zero-order chi connectivity index (χ0) is 18.6. The van der Waals surface area contributed by atoms with E-state index < -0.39 is 9.84 Å². The van der Waals surface area contributed by atoms with E-state index in [1.54, 1.807) is 24.0 Å². The number of benzene rings is 1. The fourth-order valence-corrected chi connectivity index (χ4v) is 4.02. The van der Waals surface area contributed by atoms with Crippen LogP contribution in [0.15, 0.2) is 23.1 Å². The van der Waals surface area contributed by atoms with Crippen LogP contribution < -0.4 is 11.1 Å². The lowest BCUT2D eigenvalue weighted by atomic mass is 9.96. The van der Waals surface area contributed by atoms with Crippen LogP contribution in [0.4, 0.5) is 0 Å². The molecular weight excluding hydrogens is 342 g/mol. The third kappa shape index (κ3) is 4.79. The molecule has 1 fully saturated rings. The van der Waals surface area contributed by atoms with Crippen molar-refractivity contribution in [3.8, 4) is 0 Å². The molecule has 0 bridgehead atoms. The second-order valence-electron chi connectivity index (χ2n) is 6.42. The Hall–Kier alpha value is -1.93. The van der Waals surface area contributed by atoms with E-state index in [4.69, 9.17) is 5.73 Å². The van der Waals surface area contributed by atoms with E-state index in [0.717, 1.165) is 19.1 Å². The molecule has 2 amide bonds. The fourth-order valence-electron chi connectivity index (χ4n) is 3.03. The van der Waals surface area contributed by atoms with E-state index in [1.165, 1.54) is 6.07 Å². The highest BCUT2D eigenvalue weighted by atomic mass is 32.2. The Morgan fingerprint density at radius 3 is 2.72 bits per heavy atom. The van der Waals surface area contributed by atoms with E-state index in [2.05, 4.69) is 5.32 Å².